The Kier molecular flexibility index (Phi) is 8.18. The number of para-hydroxylation sites is 1. The SMILES string of the molecule is CC[C@H](NC(=O)c1c(CN2CCC(O)(c3ccncc3)CC2)n(-c2ccccc2)c(=O)c2ccccc12)c1ccccc1. The van der Waals surface area contributed by atoms with Gasteiger partial charge in [-0.15, -0.1) is 0 Å². The number of nitrogens with one attached hydrogen (secondary N) is 1. The van der Waals surface area contributed by atoms with Crippen molar-refractivity contribution >= 4 is 16.7 Å². The molecule has 43 heavy (non-hydrogen) atoms. The maximum absolute atomic E-state index is 14.4. The Morgan fingerprint density at radius 2 is 1.49 bits per heavy atom. The molecule has 2 aromatic heterocycles. The Balaban J connectivity index is 1.44. The van der Waals surface area contributed by atoms with Gasteiger partial charge in [-0.05, 0) is 60.7 Å². The highest BCUT2D eigenvalue weighted by molar-refractivity contribution is 6.08. The summed E-state index contributed by atoms with van der Waals surface area (Å²) in [6.07, 6.45) is 5.21. The lowest BCUT2D eigenvalue weighted by atomic mass is 9.85. The van der Waals surface area contributed by atoms with Crippen LogP contribution in [0.1, 0.15) is 59.4 Å². The number of aromatic nitrogens is 2. The molecule has 0 saturated carbocycles. The van der Waals surface area contributed by atoms with Gasteiger partial charge in [0.2, 0.25) is 0 Å². The van der Waals surface area contributed by atoms with E-state index in [-0.39, 0.29) is 17.5 Å². The first kappa shape index (κ1) is 28.5. The van der Waals surface area contributed by atoms with Crippen molar-refractivity contribution in [2.45, 2.75) is 44.4 Å². The quantitative estimate of drug-likeness (QED) is 0.247. The molecule has 2 N–H and O–H groups in total. The standard InChI is InChI=1S/C36H36N4O3/c1-2-31(26-11-5-3-6-12-26)38-34(41)33-29-15-9-10-16-30(29)35(42)40(28-13-7-4-8-14-28)32(33)25-39-23-19-36(43,20-24-39)27-17-21-37-22-18-27/h3-18,21-22,31,43H,2,19-20,23-25H2,1H3,(H,38,41)/t31-/m0/s1. The van der Waals surface area contributed by atoms with E-state index in [1.807, 2.05) is 91.0 Å². The van der Waals surface area contributed by atoms with Crippen LogP contribution in [0, 0.1) is 0 Å². The topological polar surface area (TPSA) is 87.5 Å². The van der Waals surface area contributed by atoms with Crippen LogP contribution in [0.15, 0.2) is 114 Å². The van der Waals surface area contributed by atoms with Crippen molar-refractivity contribution in [1.82, 2.24) is 19.8 Å². The Labute approximate surface area is 251 Å². The molecule has 0 spiro atoms. The zero-order valence-electron chi connectivity index (χ0n) is 24.3. The second kappa shape index (κ2) is 12.3. The summed E-state index contributed by atoms with van der Waals surface area (Å²) in [6.45, 7) is 3.65. The van der Waals surface area contributed by atoms with Gasteiger partial charge in [-0.25, -0.2) is 0 Å². The summed E-state index contributed by atoms with van der Waals surface area (Å²) in [7, 11) is 0. The van der Waals surface area contributed by atoms with Gasteiger partial charge in [0.25, 0.3) is 11.5 Å². The monoisotopic (exact) mass is 572 g/mol. The normalized spacial score (nSPS) is 15.7. The predicted molar refractivity (Wildman–Crippen MR) is 169 cm³/mol. The molecule has 1 amide bonds. The zero-order valence-corrected chi connectivity index (χ0v) is 24.3. The first-order valence-electron chi connectivity index (χ1n) is 14.9. The smallest absolute Gasteiger partial charge is 0.263 e. The Hall–Kier alpha value is -4.59. The predicted octanol–water partition coefficient (Wildman–Crippen LogP) is 5.75. The minimum Gasteiger partial charge on any atom is -0.385 e. The van der Waals surface area contributed by atoms with Gasteiger partial charge in [0, 0.05) is 48.5 Å². The van der Waals surface area contributed by atoms with Crippen molar-refractivity contribution in [2.75, 3.05) is 13.1 Å². The average molecular weight is 573 g/mol. The highest BCUT2D eigenvalue weighted by Crippen LogP contribution is 2.34. The molecule has 3 aromatic carbocycles. The van der Waals surface area contributed by atoms with Crippen LogP contribution < -0.4 is 10.9 Å². The fraction of sp³-hybridized carbons (Fsp3) is 0.250. The molecule has 0 unspecified atom stereocenters. The molecule has 1 fully saturated rings. The second-order valence-electron chi connectivity index (χ2n) is 11.2. The van der Waals surface area contributed by atoms with Crippen LogP contribution in [0.3, 0.4) is 0 Å². The Morgan fingerprint density at radius 1 is 0.884 bits per heavy atom. The number of likely N-dealkylation sites (tertiary alicyclic amines) is 1. The Morgan fingerprint density at radius 3 is 2.14 bits per heavy atom. The van der Waals surface area contributed by atoms with E-state index in [0.29, 0.717) is 60.2 Å². The number of nitrogens with zero attached hydrogens (tertiary/aromatic N) is 3. The van der Waals surface area contributed by atoms with Crippen LogP contribution >= 0.6 is 0 Å². The van der Waals surface area contributed by atoms with Crippen molar-refractivity contribution < 1.29 is 9.90 Å². The van der Waals surface area contributed by atoms with E-state index in [0.717, 1.165) is 17.5 Å². The molecule has 1 aliphatic heterocycles. The van der Waals surface area contributed by atoms with Gasteiger partial charge in [0.05, 0.1) is 22.9 Å². The lowest BCUT2D eigenvalue weighted by Crippen LogP contribution is -2.43. The molecular formula is C36H36N4O3. The van der Waals surface area contributed by atoms with E-state index >= 15 is 0 Å². The summed E-state index contributed by atoms with van der Waals surface area (Å²) < 4.78 is 1.70. The van der Waals surface area contributed by atoms with Crippen LogP contribution in [-0.2, 0) is 12.1 Å². The number of hydrogen-bond donors (Lipinski definition) is 2. The number of carbonyl (C=O) groups excluding carboxylic acids is 1. The number of fused-ring (bicyclic) bond motifs is 1. The third-order valence-corrected chi connectivity index (χ3v) is 8.62. The fourth-order valence-corrected chi connectivity index (χ4v) is 6.23. The van der Waals surface area contributed by atoms with Crippen LogP contribution in [0.4, 0.5) is 0 Å². The van der Waals surface area contributed by atoms with Crippen molar-refractivity contribution in [1.29, 1.82) is 0 Å². The first-order valence-corrected chi connectivity index (χ1v) is 14.9. The van der Waals surface area contributed by atoms with E-state index in [1.54, 1.807) is 23.0 Å². The highest BCUT2D eigenvalue weighted by Gasteiger charge is 2.35. The lowest BCUT2D eigenvalue weighted by molar-refractivity contribution is -0.0282. The van der Waals surface area contributed by atoms with Gasteiger partial charge in [-0.2, -0.15) is 0 Å². The number of aliphatic hydroxyl groups is 1. The van der Waals surface area contributed by atoms with E-state index < -0.39 is 5.60 Å². The maximum atomic E-state index is 14.4. The molecule has 7 nitrogen and oxygen atoms in total. The first-order chi connectivity index (χ1) is 21.0. The summed E-state index contributed by atoms with van der Waals surface area (Å²) >= 11 is 0. The van der Waals surface area contributed by atoms with Gasteiger partial charge in [-0.1, -0.05) is 73.7 Å². The van der Waals surface area contributed by atoms with Crippen LogP contribution in [0.5, 0.6) is 0 Å². The van der Waals surface area contributed by atoms with Crippen molar-refractivity contribution in [2.24, 2.45) is 0 Å². The molecule has 1 aliphatic rings. The van der Waals surface area contributed by atoms with E-state index in [4.69, 9.17) is 0 Å². The highest BCUT2D eigenvalue weighted by atomic mass is 16.3. The fourth-order valence-electron chi connectivity index (χ4n) is 6.23. The van der Waals surface area contributed by atoms with Gasteiger partial charge in [0.1, 0.15) is 0 Å². The minimum absolute atomic E-state index is 0.159. The van der Waals surface area contributed by atoms with Crippen molar-refractivity contribution in [3.05, 3.63) is 142 Å². The number of carbonyl (C=O) groups is 1. The van der Waals surface area contributed by atoms with Crippen molar-refractivity contribution in [3.63, 3.8) is 0 Å². The third-order valence-electron chi connectivity index (χ3n) is 8.62. The van der Waals surface area contributed by atoms with Crippen LogP contribution in [0.2, 0.25) is 0 Å². The maximum Gasteiger partial charge on any atom is 0.263 e. The summed E-state index contributed by atoms with van der Waals surface area (Å²) in [5.74, 6) is -0.211. The van der Waals surface area contributed by atoms with Gasteiger partial charge >= 0.3 is 0 Å². The van der Waals surface area contributed by atoms with Gasteiger partial charge < -0.3 is 10.4 Å². The number of piperidine rings is 1. The molecule has 1 atom stereocenters. The number of rotatable bonds is 8. The molecule has 5 aromatic rings. The average Bonchev–Trinajstić information content (AvgIpc) is 3.06. The van der Waals surface area contributed by atoms with Gasteiger partial charge in [-0.3, -0.25) is 24.0 Å². The molecule has 6 rings (SSSR count). The number of hydrogen-bond acceptors (Lipinski definition) is 5. The van der Waals surface area contributed by atoms with E-state index in [2.05, 4.69) is 22.1 Å². The van der Waals surface area contributed by atoms with Crippen LogP contribution in [0.25, 0.3) is 16.5 Å². The largest absolute Gasteiger partial charge is 0.385 e. The lowest BCUT2D eigenvalue weighted by Gasteiger charge is -2.39. The summed E-state index contributed by atoms with van der Waals surface area (Å²) in [5, 5.41) is 15.9. The Bertz CT molecular complexity index is 1760. The summed E-state index contributed by atoms with van der Waals surface area (Å²) in [5.41, 5.74) is 2.66. The zero-order chi connectivity index (χ0) is 29.8. The molecule has 0 radical (unpaired) electrons. The summed E-state index contributed by atoms with van der Waals surface area (Å²) in [4.78, 5) is 34.8. The number of amides is 1. The summed E-state index contributed by atoms with van der Waals surface area (Å²) in [6, 6.07) is 30.4. The number of benzene rings is 3. The number of pyridine rings is 2. The van der Waals surface area contributed by atoms with E-state index in [1.165, 1.54) is 0 Å². The second-order valence-corrected chi connectivity index (χ2v) is 11.2. The van der Waals surface area contributed by atoms with Crippen LogP contribution in [-0.4, -0.2) is 38.6 Å². The van der Waals surface area contributed by atoms with E-state index in [9.17, 15) is 14.7 Å². The molecule has 7 heteroatoms. The molecular weight excluding hydrogens is 536 g/mol. The van der Waals surface area contributed by atoms with Gasteiger partial charge in [0.15, 0.2) is 0 Å². The van der Waals surface area contributed by atoms with Crippen molar-refractivity contribution in [3.8, 4) is 5.69 Å². The third kappa shape index (κ3) is 5.74. The minimum atomic E-state index is -0.938. The molecule has 3 heterocycles. The molecule has 218 valence electrons. The molecule has 1 saturated heterocycles. The molecule has 0 aliphatic carbocycles. The molecule has 0 bridgehead atoms.